The smallest absolute Gasteiger partial charge is 0.230 e. The maximum absolute atomic E-state index is 12.3. The summed E-state index contributed by atoms with van der Waals surface area (Å²) in [6.07, 6.45) is 3.48. The van der Waals surface area contributed by atoms with Gasteiger partial charge in [0.15, 0.2) is 0 Å². The molecule has 2 heterocycles. The Morgan fingerprint density at radius 1 is 0.686 bits per heavy atom. The van der Waals surface area contributed by atoms with Gasteiger partial charge in [0.05, 0.1) is 12.8 Å². The minimum Gasteiger partial charge on any atom is -0.300 e. The monoisotopic (exact) mass is 504 g/mol. The van der Waals surface area contributed by atoms with Crippen molar-refractivity contribution in [3.05, 3.63) is 81.8 Å². The maximum Gasteiger partial charge on any atom is 0.230 e. The van der Waals surface area contributed by atoms with Crippen molar-refractivity contribution in [2.45, 2.75) is 43.9 Å². The number of anilines is 2. The Hall–Kier alpha value is -3.50. The standard InChI is InChI=1S/C25H24N6O2S2/c32-20(13-16-7-3-1-4-8-16)26-24-30-28-22(34-24)18-11-12-19(15-18)23-29-31-25(35-23)27-21(33)14-17-9-5-2-6-10-17/h1-10,18-19H,11-15H2,(H,26,30,32)(H,27,31,33)/t18-,19-/m1/s1. The molecule has 178 valence electrons. The van der Waals surface area contributed by atoms with Crippen LogP contribution in [0.1, 0.15) is 52.2 Å². The van der Waals surface area contributed by atoms with E-state index in [2.05, 4.69) is 31.0 Å². The Kier molecular flexibility index (Phi) is 7.20. The zero-order valence-electron chi connectivity index (χ0n) is 18.9. The molecule has 4 aromatic rings. The first-order valence-corrected chi connectivity index (χ1v) is 13.1. The predicted molar refractivity (Wildman–Crippen MR) is 137 cm³/mol. The van der Waals surface area contributed by atoms with Crippen molar-refractivity contribution < 1.29 is 9.59 Å². The molecule has 2 amide bonds. The number of carbonyl (C=O) groups excluding carboxylic acids is 2. The lowest BCUT2D eigenvalue weighted by Crippen LogP contribution is -2.14. The molecular formula is C25H24N6O2S2. The van der Waals surface area contributed by atoms with E-state index >= 15 is 0 Å². The van der Waals surface area contributed by atoms with Crippen LogP contribution in [0, 0.1) is 0 Å². The van der Waals surface area contributed by atoms with Crippen LogP contribution in [-0.2, 0) is 22.4 Å². The van der Waals surface area contributed by atoms with Crippen molar-refractivity contribution in [1.29, 1.82) is 0 Å². The number of amides is 2. The largest absolute Gasteiger partial charge is 0.300 e. The van der Waals surface area contributed by atoms with E-state index in [1.807, 2.05) is 60.7 Å². The molecule has 1 aliphatic rings. The fourth-order valence-corrected chi connectivity index (χ4v) is 6.03. The van der Waals surface area contributed by atoms with Crippen LogP contribution in [0.15, 0.2) is 60.7 Å². The minimum atomic E-state index is -0.0982. The number of benzene rings is 2. The summed E-state index contributed by atoms with van der Waals surface area (Å²) in [6.45, 7) is 0. The predicted octanol–water partition coefficient (Wildman–Crippen LogP) is 4.80. The van der Waals surface area contributed by atoms with E-state index in [1.165, 1.54) is 22.7 Å². The summed E-state index contributed by atoms with van der Waals surface area (Å²) < 4.78 is 0. The molecule has 0 saturated heterocycles. The van der Waals surface area contributed by atoms with E-state index < -0.39 is 0 Å². The first-order valence-electron chi connectivity index (χ1n) is 11.5. The maximum atomic E-state index is 12.3. The zero-order chi connectivity index (χ0) is 24.0. The van der Waals surface area contributed by atoms with Gasteiger partial charge >= 0.3 is 0 Å². The Morgan fingerprint density at radius 2 is 1.11 bits per heavy atom. The molecule has 5 rings (SSSR count). The Bertz CT molecular complexity index is 1190. The summed E-state index contributed by atoms with van der Waals surface area (Å²) in [5, 5.41) is 25.7. The quantitative estimate of drug-likeness (QED) is 0.357. The number of aromatic nitrogens is 4. The van der Waals surface area contributed by atoms with Gasteiger partial charge in [-0.15, -0.1) is 20.4 Å². The minimum absolute atomic E-state index is 0.0982. The van der Waals surface area contributed by atoms with Gasteiger partial charge in [-0.05, 0) is 30.4 Å². The van der Waals surface area contributed by atoms with Crippen LogP contribution in [0.4, 0.5) is 10.3 Å². The lowest BCUT2D eigenvalue weighted by Gasteiger charge is -2.05. The van der Waals surface area contributed by atoms with Crippen molar-refractivity contribution in [3.63, 3.8) is 0 Å². The summed E-state index contributed by atoms with van der Waals surface area (Å²) in [6, 6.07) is 19.2. The summed E-state index contributed by atoms with van der Waals surface area (Å²) >= 11 is 2.87. The van der Waals surface area contributed by atoms with E-state index in [0.29, 0.717) is 23.1 Å². The van der Waals surface area contributed by atoms with Crippen LogP contribution in [0.5, 0.6) is 0 Å². The molecule has 2 aromatic heterocycles. The Morgan fingerprint density at radius 3 is 1.54 bits per heavy atom. The lowest BCUT2D eigenvalue weighted by molar-refractivity contribution is -0.116. The van der Waals surface area contributed by atoms with Crippen LogP contribution >= 0.6 is 22.7 Å². The molecule has 0 bridgehead atoms. The normalized spacial score (nSPS) is 17.3. The third-order valence-corrected chi connectivity index (χ3v) is 7.92. The molecule has 35 heavy (non-hydrogen) atoms. The molecule has 0 radical (unpaired) electrons. The summed E-state index contributed by atoms with van der Waals surface area (Å²) in [7, 11) is 0. The van der Waals surface area contributed by atoms with Gasteiger partial charge in [-0.3, -0.25) is 9.59 Å². The van der Waals surface area contributed by atoms with Crippen molar-refractivity contribution in [2.75, 3.05) is 10.6 Å². The van der Waals surface area contributed by atoms with E-state index in [4.69, 9.17) is 0 Å². The van der Waals surface area contributed by atoms with Gasteiger partial charge in [0.1, 0.15) is 10.0 Å². The van der Waals surface area contributed by atoms with Crippen molar-refractivity contribution in [2.24, 2.45) is 0 Å². The van der Waals surface area contributed by atoms with Gasteiger partial charge in [0.2, 0.25) is 22.1 Å². The van der Waals surface area contributed by atoms with Gasteiger partial charge in [0.25, 0.3) is 0 Å². The second-order valence-corrected chi connectivity index (χ2v) is 10.5. The summed E-state index contributed by atoms with van der Waals surface area (Å²) in [5.74, 6) is 0.354. The first-order chi connectivity index (χ1) is 17.1. The molecule has 2 atom stereocenters. The average molecular weight is 505 g/mol. The Balaban J connectivity index is 1.13. The zero-order valence-corrected chi connectivity index (χ0v) is 20.5. The highest BCUT2D eigenvalue weighted by atomic mass is 32.1. The SMILES string of the molecule is O=C(Cc1ccccc1)Nc1nnc([C@@H]2CC[C@@H](c3nnc(NC(=O)Cc4ccccc4)s3)C2)s1. The molecule has 1 aliphatic carbocycles. The summed E-state index contributed by atoms with van der Waals surface area (Å²) in [5.41, 5.74) is 1.92. The Labute approximate surface area is 210 Å². The highest BCUT2D eigenvalue weighted by molar-refractivity contribution is 7.15. The van der Waals surface area contributed by atoms with E-state index in [0.717, 1.165) is 40.4 Å². The molecular weight excluding hydrogens is 480 g/mol. The highest BCUT2D eigenvalue weighted by Gasteiger charge is 2.32. The molecule has 0 unspecified atom stereocenters. The van der Waals surface area contributed by atoms with E-state index in [1.54, 1.807) is 0 Å². The number of hydrogen-bond acceptors (Lipinski definition) is 8. The molecule has 2 N–H and O–H groups in total. The second kappa shape index (κ2) is 10.8. The molecule has 8 nitrogen and oxygen atoms in total. The van der Waals surface area contributed by atoms with Gasteiger partial charge in [-0.25, -0.2) is 0 Å². The third kappa shape index (κ3) is 6.14. The molecule has 1 saturated carbocycles. The van der Waals surface area contributed by atoms with Gasteiger partial charge in [-0.2, -0.15) is 0 Å². The van der Waals surface area contributed by atoms with Crippen LogP contribution < -0.4 is 10.6 Å². The number of nitrogens with zero attached hydrogens (tertiary/aromatic N) is 4. The molecule has 0 aliphatic heterocycles. The lowest BCUT2D eigenvalue weighted by atomic mass is 10.1. The van der Waals surface area contributed by atoms with E-state index in [-0.39, 0.29) is 23.7 Å². The van der Waals surface area contributed by atoms with Crippen molar-refractivity contribution >= 4 is 44.8 Å². The fourth-order valence-electron chi connectivity index (χ4n) is 4.22. The first kappa shape index (κ1) is 23.3. The molecule has 2 aromatic carbocycles. The van der Waals surface area contributed by atoms with Gasteiger partial charge < -0.3 is 10.6 Å². The number of hydrogen-bond donors (Lipinski definition) is 2. The molecule has 10 heteroatoms. The fraction of sp³-hybridized carbons (Fsp3) is 0.280. The second-order valence-electron chi connectivity index (χ2n) is 8.52. The van der Waals surface area contributed by atoms with Crippen LogP contribution in [0.2, 0.25) is 0 Å². The number of nitrogens with one attached hydrogen (secondary N) is 2. The van der Waals surface area contributed by atoms with Crippen LogP contribution in [-0.4, -0.2) is 32.2 Å². The third-order valence-electron chi connectivity index (χ3n) is 5.92. The summed E-state index contributed by atoms with van der Waals surface area (Å²) in [4.78, 5) is 24.6. The number of rotatable bonds is 8. The average Bonchev–Trinajstić information content (AvgIpc) is 3.61. The van der Waals surface area contributed by atoms with Crippen LogP contribution in [0.25, 0.3) is 0 Å². The highest BCUT2D eigenvalue weighted by Crippen LogP contribution is 2.45. The van der Waals surface area contributed by atoms with Crippen LogP contribution in [0.3, 0.4) is 0 Å². The topological polar surface area (TPSA) is 110 Å². The molecule has 0 spiro atoms. The van der Waals surface area contributed by atoms with Crippen molar-refractivity contribution in [1.82, 2.24) is 20.4 Å². The van der Waals surface area contributed by atoms with Crippen molar-refractivity contribution in [3.8, 4) is 0 Å². The van der Waals surface area contributed by atoms with Gasteiger partial charge in [0, 0.05) is 11.8 Å². The molecule has 1 fully saturated rings. The van der Waals surface area contributed by atoms with Gasteiger partial charge in [-0.1, -0.05) is 83.3 Å². The van der Waals surface area contributed by atoms with E-state index in [9.17, 15) is 9.59 Å². The number of carbonyl (C=O) groups is 2.